The largest absolute Gasteiger partial charge is 0.489 e. The summed E-state index contributed by atoms with van der Waals surface area (Å²) in [7, 11) is -1.62. The van der Waals surface area contributed by atoms with Crippen molar-refractivity contribution >= 4 is 44.2 Å². The Labute approximate surface area is 516 Å². The number of amides is 4. The topological polar surface area (TPSA) is 215 Å². The van der Waals surface area contributed by atoms with Gasteiger partial charge in [-0.15, -0.1) is 0 Å². The monoisotopic (exact) mass is 1210 g/mol. The van der Waals surface area contributed by atoms with Crippen LogP contribution >= 0.6 is 0 Å². The Morgan fingerprint density at radius 2 is 0.841 bits per heavy atom. The molecule has 0 heterocycles. The SMILES string of the molecule is CC(C)(C)OC(=O)N[C@@H](CCCNC(=O)OCc1ccccc1)C(=O)N[C@@H](Cc1cc(-c2ccc(OCc3ccccc3)c(C[C@H](NC(=O)OCc3ccccc3)C(=O)OCC[Si](C)(C)C)c2)ccc1OCc1ccccc1)C(=O)OCc1ccccc1. The summed E-state index contributed by atoms with van der Waals surface area (Å²) < 4.78 is 41.4. The number of carbonyl (C=O) groups is 6. The fourth-order valence-corrected chi connectivity index (χ4v) is 9.69. The van der Waals surface area contributed by atoms with Gasteiger partial charge in [0.2, 0.25) is 5.91 Å². The number of alkyl carbamates (subject to hydrolysis) is 3. The van der Waals surface area contributed by atoms with E-state index in [1.54, 1.807) is 32.9 Å². The zero-order valence-corrected chi connectivity index (χ0v) is 51.9. The molecule has 0 saturated carbocycles. The van der Waals surface area contributed by atoms with Crippen LogP contribution in [0.15, 0.2) is 188 Å². The number of carbonyl (C=O) groups excluding carboxylic acids is 6. The Morgan fingerprint density at radius 3 is 1.28 bits per heavy atom. The first-order chi connectivity index (χ1) is 42.3. The average Bonchev–Trinajstić information content (AvgIpc) is 2.65. The number of hydrogen-bond donors (Lipinski definition) is 4. The molecule has 3 atom stereocenters. The highest BCUT2D eigenvalue weighted by Crippen LogP contribution is 2.33. The van der Waals surface area contributed by atoms with Crippen LogP contribution in [-0.4, -0.2) is 81.1 Å². The quantitative estimate of drug-likeness (QED) is 0.0143. The molecule has 0 saturated heterocycles. The molecule has 88 heavy (non-hydrogen) atoms. The number of nitrogens with one attached hydrogen (secondary N) is 4. The van der Waals surface area contributed by atoms with Crippen molar-refractivity contribution in [3.05, 3.63) is 227 Å². The van der Waals surface area contributed by atoms with Crippen molar-refractivity contribution in [3.63, 3.8) is 0 Å². The third kappa shape index (κ3) is 23.4. The normalized spacial score (nSPS) is 12.2. The van der Waals surface area contributed by atoms with Crippen molar-refractivity contribution in [2.24, 2.45) is 0 Å². The molecule has 462 valence electrons. The third-order valence-corrected chi connectivity index (χ3v) is 15.4. The molecule has 0 aromatic heterocycles. The van der Waals surface area contributed by atoms with E-state index >= 15 is 0 Å². The zero-order chi connectivity index (χ0) is 62.7. The average molecular weight is 1210 g/mol. The van der Waals surface area contributed by atoms with Gasteiger partial charge in [0.25, 0.3) is 0 Å². The standard InChI is InChI=1S/C70H80N4O13Si/c1-70(2,3)87-69(80)73-59(33-22-38-71-67(78)85-48-53-29-18-10-19-30-53)64(75)72-60(66(77)84-47-52-27-16-9-17-28-52)43-57-41-55(34-36-62(57)82-45-50-23-12-7-13-24-50)56-35-37-63(83-46-51-25-14-8-15-26-51)58(42-56)44-61(65(76)81-39-40-88(4,5)6)74-68(79)86-49-54-31-20-11-21-32-54/h7-21,23-32,34-37,41-42,59-61H,22,33,38-40,43-49H2,1-6H3,(H,71,78)(H,72,75)(H,73,80)(H,74,79)/t59-,60-,61-/m0/s1. The lowest BCUT2D eigenvalue weighted by Crippen LogP contribution is -2.53. The molecule has 7 rings (SSSR count). The molecule has 0 unspecified atom stereocenters. The van der Waals surface area contributed by atoms with Gasteiger partial charge in [0, 0.05) is 27.5 Å². The van der Waals surface area contributed by atoms with Gasteiger partial charge < -0.3 is 54.4 Å². The van der Waals surface area contributed by atoms with Gasteiger partial charge in [-0.25, -0.2) is 24.0 Å². The first-order valence-corrected chi connectivity index (χ1v) is 33.2. The summed E-state index contributed by atoms with van der Waals surface area (Å²) in [5.41, 5.74) is 5.55. The predicted octanol–water partition coefficient (Wildman–Crippen LogP) is 12.6. The van der Waals surface area contributed by atoms with Gasteiger partial charge in [-0.2, -0.15) is 0 Å². The molecule has 0 aliphatic rings. The summed E-state index contributed by atoms with van der Waals surface area (Å²) in [6.07, 6.45) is -2.31. The van der Waals surface area contributed by atoms with E-state index in [4.69, 9.17) is 33.2 Å². The van der Waals surface area contributed by atoms with Crippen LogP contribution in [0.3, 0.4) is 0 Å². The van der Waals surface area contributed by atoms with Crippen LogP contribution < -0.4 is 30.7 Å². The molecule has 18 heteroatoms. The summed E-state index contributed by atoms with van der Waals surface area (Å²) in [5, 5.41) is 11.1. The lowest BCUT2D eigenvalue weighted by atomic mass is 9.95. The summed E-state index contributed by atoms with van der Waals surface area (Å²) in [4.78, 5) is 83.1. The van der Waals surface area contributed by atoms with Crippen LogP contribution in [0.4, 0.5) is 14.4 Å². The number of hydrogen-bond acceptors (Lipinski definition) is 13. The van der Waals surface area contributed by atoms with Crippen LogP contribution in [0.1, 0.15) is 72.6 Å². The molecule has 0 radical (unpaired) electrons. The van der Waals surface area contributed by atoms with Gasteiger partial charge in [-0.3, -0.25) is 4.79 Å². The fourth-order valence-electron chi connectivity index (χ4n) is 8.97. The van der Waals surface area contributed by atoms with Crippen molar-refractivity contribution < 1.29 is 61.9 Å². The molecule has 0 aliphatic carbocycles. The van der Waals surface area contributed by atoms with Crippen molar-refractivity contribution in [1.82, 2.24) is 21.3 Å². The van der Waals surface area contributed by atoms with Crippen molar-refractivity contribution in [2.45, 2.75) is 129 Å². The Kier molecular flexibility index (Phi) is 25.1. The second-order valence-electron chi connectivity index (χ2n) is 23.3. The fraction of sp³-hybridized carbons (Fsp3) is 0.314. The molecular formula is C70H80N4O13Si. The van der Waals surface area contributed by atoms with Gasteiger partial charge in [-0.1, -0.05) is 183 Å². The minimum absolute atomic E-state index is 0.0194. The second kappa shape index (κ2) is 33.5. The van der Waals surface area contributed by atoms with Crippen LogP contribution in [0.2, 0.25) is 25.7 Å². The van der Waals surface area contributed by atoms with E-state index in [1.165, 1.54) is 0 Å². The highest BCUT2D eigenvalue weighted by atomic mass is 28.3. The highest BCUT2D eigenvalue weighted by molar-refractivity contribution is 6.76. The molecular weight excluding hydrogens is 1130 g/mol. The van der Waals surface area contributed by atoms with E-state index in [0.29, 0.717) is 45.4 Å². The van der Waals surface area contributed by atoms with E-state index in [9.17, 15) is 28.8 Å². The van der Waals surface area contributed by atoms with Crippen LogP contribution in [-0.2, 0) is 83.9 Å². The Morgan fingerprint density at radius 1 is 0.443 bits per heavy atom. The molecule has 4 N–H and O–H groups in total. The second-order valence-corrected chi connectivity index (χ2v) is 28.9. The van der Waals surface area contributed by atoms with E-state index in [1.807, 2.05) is 176 Å². The van der Waals surface area contributed by atoms with Gasteiger partial charge >= 0.3 is 30.2 Å². The molecule has 0 spiro atoms. The van der Waals surface area contributed by atoms with Crippen molar-refractivity contribution in [1.29, 1.82) is 0 Å². The maximum atomic E-state index is 14.7. The summed E-state index contributed by atoms with van der Waals surface area (Å²) in [6, 6.07) is 54.7. The number of ether oxygens (including phenoxy) is 7. The first-order valence-electron chi connectivity index (χ1n) is 29.5. The van der Waals surface area contributed by atoms with E-state index in [-0.39, 0.29) is 71.9 Å². The maximum absolute atomic E-state index is 14.7. The van der Waals surface area contributed by atoms with Crippen LogP contribution in [0.25, 0.3) is 11.1 Å². The van der Waals surface area contributed by atoms with Crippen LogP contribution in [0.5, 0.6) is 11.5 Å². The van der Waals surface area contributed by atoms with Crippen LogP contribution in [0, 0.1) is 0 Å². The van der Waals surface area contributed by atoms with Gasteiger partial charge in [0.1, 0.15) is 68.3 Å². The molecule has 0 aliphatic heterocycles. The molecule has 7 aromatic carbocycles. The minimum Gasteiger partial charge on any atom is -0.489 e. The van der Waals surface area contributed by atoms with E-state index in [0.717, 1.165) is 22.3 Å². The molecule has 7 aromatic rings. The van der Waals surface area contributed by atoms with Gasteiger partial charge in [-0.05, 0) is 114 Å². The number of esters is 2. The smallest absolute Gasteiger partial charge is 0.408 e. The number of benzene rings is 7. The Balaban J connectivity index is 1.22. The molecule has 0 bridgehead atoms. The zero-order valence-electron chi connectivity index (χ0n) is 50.9. The van der Waals surface area contributed by atoms with Crippen molar-refractivity contribution in [2.75, 3.05) is 13.2 Å². The lowest BCUT2D eigenvalue weighted by molar-refractivity contribution is -0.149. The van der Waals surface area contributed by atoms with Gasteiger partial charge in [0.15, 0.2) is 0 Å². The summed E-state index contributed by atoms with van der Waals surface area (Å²) in [5.74, 6) is -1.27. The highest BCUT2D eigenvalue weighted by Gasteiger charge is 2.32. The van der Waals surface area contributed by atoms with Crippen molar-refractivity contribution in [3.8, 4) is 22.6 Å². The predicted molar refractivity (Wildman–Crippen MR) is 339 cm³/mol. The molecule has 4 amide bonds. The molecule has 0 fully saturated rings. The maximum Gasteiger partial charge on any atom is 0.408 e. The first kappa shape index (κ1) is 66.1. The molecule has 17 nitrogen and oxygen atoms in total. The number of rotatable bonds is 30. The van der Waals surface area contributed by atoms with Gasteiger partial charge in [0.05, 0.1) is 6.61 Å². The third-order valence-electron chi connectivity index (χ3n) is 13.6. The lowest BCUT2D eigenvalue weighted by Gasteiger charge is -2.25. The summed E-state index contributed by atoms with van der Waals surface area (Å²) in [6.45, 7) is 12.2. The van der Waals surface area contributed by atoms with E-state index < -0.39 is 67.9 Å². The minimum atomic E-state index is -1.62. The Hall–Kier alpha value is -9.42. The Bertz CT molecular complexity index is 3350. The summed E-state index contributed by atoms with van der Waals surface area (Å²) >= 11 is 0. The van der Waals surface area contributed by atoms with E-state index in [2.05, 4.69) is 40.9 Å².